The van der Waals surface area contributed by atoms with E-state index in [0.29, 0.717) is 6.42 Å². The van der Waals surface area contributed by atoms with Crippen molar-refractivity contribution in [3.05, 3.63) is 0 Å². The van der Waals surface area contributed by atoms with E-state index in [1.807, 2.05) is 4.90 Å². The molecule has 1 atom stereocenters. The lowest BCUT2D eigenvalue weighted by Crippen LogP contribution is -2.49. The standard InChI is InChI=1S/C11H21N3O2/c12-10-1-2-11(15)14(9-10)4-3-13-5-7-16-8-6-13/h10H,1-9,12H2. The number of likely N-dealkylation sites (tertiary alicyclic amines) is 1. The maximum atomic E-state index is 11.6. The van der Waals surface area contributed by atoms with Crippen molar-refractivity contribution in [1.82, 2.24) is 9.80 Å². The summed E-state index contributed by atoms with van der Waals surface area (Å²) in [7, 11) is 0. The van der Waals surface area contributed by atoms with Gasteiger partial charge in [0.1, 0.15) is 0 Å². The number of carbonyl (C=O) groups excluding carboxylic acids is 1. The van der Waals surface area contributed by atoms with Crippen LogP contribution in [0.25, 0.3) is 0 Å². The maximum Gasteiger partial charge on any atom is 0.222 e. The quantitative estimate of drug-likeness (QED) is 0.690. The zero-order valence-electron chi connectivity index (χ0n) is 9.73. The van der Waals surface area contributed by atoms with Crippen LogP contribution in [0.3, 0.4) is 0 Å². The Bertz CT molecular complexity index is 241. The molecule has 2 heterocycles. The van der Waals surface area contributed by atoms with E-state index in [0.717, 1.165) is 52.4 Å². The van der Waals surface area contributed by atoms with Gasteiger partial charge in [-0.3, -0.25) is 9.69 Å². The fourth-order valence-electron chi connectivity index (χ4n) is 2.25. The summed E-state index contributed by atoms with van der Waals surface area (Å²) in [6, 6.07) is 0.169. The predicted octanol–water partition coefficient (Wildman–Crippen LogP) is -0.732. The summed E-state index contributed by atoms with van der Waals surface area (Å²) in [6.45, 7) is 6.07. The second kappa shape index (κ2) is 5.61. The molecule has 2 N–H and O–H groups in total. The van der Waals surface area contributed by atoms with Gasteiger partial charge in [-0.05, 0) is 6.42 Å². The van der Waals surface area contributed by atoms with Gasteiger partial charge >= 0.3 is 0 Å². The third-order valence-electron chi connectivity index (χ3n) is 3.33. The largest absolute Gasteiger partial charge is 0.379 e. The SMILES string of the molecule is NC1CCC(=O)N(CCN2CCOCC2)C1. The molecule has 0 aromatic rings. The minimum absolute atomic E-state index is 0.169. The summed E-state index contributed by atoms with van der Waals surface area (Å²) >= 11 is 0. The van der Waals surface area contributed by atoms with Gasteiger partial charge in [-0.25, -0.2) is 0 Å². The molecule has 2 saturated heterocycles. The third kappa shape index (κ3) is 3.17. The number of hydrogen-bond acceptors (Lipinski definition) is 4. The number of piperidine rings is 1. The summed E-state index contributed by atoms with van der Waals surface area (Å²) in [5, 5.41) is 0. The van der Waals surface area contributed by atoms with E-state index in [2.05, 4.69) is 4.90 Å². The van der Waals surface area contributed by atoms with Gasteiger partial charge in [-0.1, -0.05) is 0 Å². The van der Waals surface area contributed by atoms with E-state index in [9.17, 15) is 4.79 Å². The molecule has 2 aliphatic heterocycles. The van der Waals surface area contributed by atoms with E-state index in [1.165, 1.54) is 0 Å². The lowest BCUT2D eigenvalue weighted by molar-refractivity contribution is -0.134. The molecular weight excluding hydrogens is 206 g/mol. The highest BCUT2D eigenvalue weighted by molar-refractivity contribution is 5.77. The van der Waals surface area contributed by atoms with Crippen LogP contribution in [0.5, 0.6) is 0 Å². The highest BCUT2D eigenvalue weighted by atomic mass is 16.5. The first-order valence-corrected chi connectivity index (χ1v) is 6.09. The average molecular weight is 227 g/mol. The summed E-state index contributed by atoms with van der Waals surface area (Å²) in [5.74, 6) is 0.259. The van der Waals surface area contributed by atoms with Gasteiger partial charge in [0.15, 0.2) is 0 Å². The number of amides is 1. The molecule has 0 radical (unpaired) electrons. The highest BCUT2D eigenvalue weighted by Crippen LogP contribution is 2.09. The maximum absolute atomic E-state index is 11.6. The monoisotopic (exact) mass is 227 g/mol. The minimum Gasteiger partial charge on any atom is -0.379 e. The lowest BCUT2D eigenvalue weighted by atomic mass is 10.1. The topological polar surface area (TPSA) is 58.8 Å². The first-order valence-electron chi connectivity index (χ1n) is 6.09. The Morgan fingerprint density at radius 3 is 2.81 bits per heavy atom. The molecule has 0 spiro atoms. The molecule has 92 valence electrons. The number of rotatable bonds is 3. The molecule has 0 bridgehead atoms. The second-order valence-electron chi connectivity index (χ2n) is 4.59. The molecule has 5 heteroatoms. The molecule has 1 amide bonds. The third-order valence-corrected chi connectivity index (χ3v) is 3.33. The van der Waals surface area contributed by atoms with Gasteiger partial charge < -0.3 is 15.4 Å². The summed E-state index contributed by atoms with van der Waals surface area (Å²) in [5.41, 5.74) is 5.87. The zero-order chi connectivity index (χ0) is 11.4. The Morgan fingerprint density at radius 2 is 2.06 bits per heavy atom. The van der Waals surface area contributed by atoms with Crippen molar-refractivity contribution < 1.29 is 9.53 Å². The average Bonchev–Trinajstić information content (AvgIpc) is 2.32. The van der Waals surface area contributed by atoms with Gasteiger partial charge in [0.05, 0.1) is 13.2 Å². The number of carbonyl (C=O) groups is 1. The molecule has 0 saturated carbocycles. The molecule has 2 fully saturated rings. The Hall–Kier alpha value is -0.650. The Balaban J connectivity index is 1.73. The number of hydrogen-bond donors (Lipinski definition) is 1. The lowest BCUT2D eigenvalue weighted by Gasteiger charge is -2.33. The molecule has 1 unspecified atom stereocenters. The van der Waals surface area contributed by atoms with Crippen LogP contribution in [0.1, 0.15) is 12.8 Å². The molecule has 5 nitrogen and oxygen atoms in total. The van der Waals surface area contributed by atoms with Crippen LogP contribution >= 0.6 is 0 Å². The summed E-state index contributed by atoms with van der Waals surface area (Å²) in [4.78, 5) is 15.9. The van der Waals surface area contributed by atoms with Gasteiger partial charge in [0, 0.05) is 45.2 Å². The highest BCUT2D eigenvalue weighted by Gasteiger charge is 2.23. The van der Waals surface area contributed by atoms with Crippen molar-refractivity contribution in [2.45, 2.75) is 18.9 Å². The van der Waals surface area contributed by atoms with Crippen molar-refractivity contribution in [3.63, 3.8) is 0 Å². The molecule has 2 rings (SSSR count). The van der Waals surface area contributed by atoms with Crippen LogP contribution in [0.15, 0.2) is 0 Å². The smallest absolute Gasteiger partial charge is 0.222 e. The van der Waals surface area contributed by atoms with Crippen molar-refractivity contribution in [2.75, 3.05) is 45.9 Å². The Labute approximate surface area is 96.5 Å². The number of morpholine rings is 1. The minimum atomic E-state index is 0.169. The van der Waals surface area contributed by atoms with Crippen LogP contribution in [0.2, 0.25) is 0 Å². The molecule has 0 aromatic carbocycles. The van der Waals surface area contributed by atoms with Gasteiger partial charge in [0.25, 0.3) is 0 Å². The molecule has 16 heavy (non-hydrogen) atoms. The first kappa shape index (κ1) is 11.8. The van der Waals surface area contributed by atoms with Crippen molar-refractivity contribution in [1.29, 1.82) is 0 Å². The summed E-state index contributed by atoms with van der Waals surface area (Å²) in [6.07, 6.45) is 1.46. The molecular formula is C11H21N3O2. The molecule has 0 aliphatic carbocycles. The van der Waals surface area contributed by atoms with E-state index in [-0.39, 0.29) is 11.9 Å². The Morgan fingerprint density at radius 1 is 1.31 bits per heavy atom. The second-order valence-corrected chi connectivity index (χ2v) is 4.59. The van der Waals surface area contributed by atoms with Crippen molar-refractivity contribution in [3.8, 4) is 0 Å². The van der Waals surface area contributed by atoms with Gasteiger partial charge in [-0.2, -0.15) is 0 Å². The first-order chi connectivity index (χ1) is 7.75. The van der Waals surface area contributed by atoms with Crippen LogP contribution in [0.4, 0.5) is 0 Å². The number of nitrogens with two attached hydrogens (primary N) is 1. The molecule has 0 aromatic heterocycles. The van der Waals surface area contributed by atoms with Crippen molar-refractivity contribution in [2.24, 2.45) is 5.73 Å². The normalized spacial score (nSPS) is 28.4. The van der Waals surface area contributed by atoms with E-state index < -0.39 is 0 Å². The van der Waals surface area contributed by atoms with E-state index >= 15 is 0 Å². The summed E-state index contributed by atoms with van der Waals surface area (Å²) < 4.78 is 5.29. The van der Waals surface area contributed by atoms with Crippen LogP contribution in [-0.4, -0.2) is 67.7 Å². The van der Waals surface area contributed by atoms with Gasteiger partial charge in [0.2, 0.25) is 5.91 Å². The fraction of sp³-hybridized carbons (Fsp3) is 0.909. The zero-order valence-corrected chi connectivity index (χ0v) is 9.73. The Kier molecular flexibility index (Phi) is 4.15. The van der Waals surface area contributed by atoms with E-state index in [4.69, 9.17) is 10.5 Å². The molecule has 2 aliphatic rings. The van der Waals surface area contributed by atoms with Crippen LogP contribution in [-0.2, 0) is 9.53 Å². The number of nitrogens with zero attached hydrogens (tertiary/aromatic N) is 2. The van der Waals surface area contributed by atoms with Crippen LogP contribution < -0.4 is 5.73 Å². The van der Waals surface area contributed by atoms with Gasteiger partial charge in [-0.15, -0.1) is 0 Å². The predicted molar refractivity (Wildman–Crippen MR) is 61.0 cm³/mol. The fourth-order valence-corrected chi connectivity index (χ4v) is 2.25. The number of ether oxygens (including phenoxy) is 1. The van der Waals surface area contributed by atoms with Crippen LogP contribution in [0, 0.1) is 0 Å². The van der Waals surface area contributed by atoms with Crippen molar-refractivity contribution >= 4 is 5.91 Å². The van der Waals surface area contributed by atoms with E-state index in [1.54, 1.807) is 0 Å².